The van der Waals surface area contributed by atoms with Gasteiger partial charge in [-0.1, -0.05) is 0 Å². The van der Waals surface area contributed by atoms with Crippen LogP contribution in [0, 0.1) is 19.7 Å². The number of nitrogens with zero attached hydrogens (tertiary/aromatic N) is 1. The van der Waals surface area contributed by atoms with Crippen molar-refractivity contribution in [1.29, 1.82) is 0 Å². The molecule has 0 unspecified atom stereocenters. The summed E-state index contributed by atoms with van der Waals surface area (Å²) < 4.78 is 23.4. The van der Waals surface area contributed by atoms with Gasteiger partial charge in [-0.25, -0.2) is 9.18 Å². The third kappa shape index (κ3) is 4.42. The molecule has 0 aliphatic carbocycles. The Morgan fingerprint density at radius 1 is 1.16 bits per heavy atom. The van der Waals surface area contributed by atoms with E-state index in [4.69, 9.17) is 9.15 Å². The van der Waals surface area contributed by atoms with Crippen LogP contribution >= 0.6 is 0 Å². The standard InChI is InChI=1S/C23H23FN2O5/c1-13-19(14(2)25-20(13)23(29)30-4)21(27)15(3)26(12-18-6-5-11-31-18)22(28)16-7-9-17(24)10-8-16/h5-11,15,25H,12H2,1-4H3/t15-/m0/s1. The highest BCUT2D eigenvalue weighted by atomic mass is 19.1. The molecule has 0 saturated carbocycles. The summed E-state index contributed by atoms with van der Waals surface area (Å²) in [7, 11) is 1.26. The zero-order valence-electron chi connectivity index (χ0n) is 17.7. The molecule has 0 bridgehead atoms. The van der Waals surface area contributed by atoms with E-state index >= 15 is 0 Å². The molecule has 1 amide bonds. The number of hydrogen-bond donors (Lipinski definition) is 1. The molecule has 0 aliphatic heterocycles. The Labute approximate surface area is 178 Å². The summed E-state index contributed by atoms with van der Waals surface area (Å²) in [5, 5.41) is 0. The van der Waals surface area contributed by atoms with Crippen LogP contribution in [0.3, 0.4) is 0 Å². The Morgan fingerprint density at radius 2 is 1.84 bits per heavy atom. The maximum absolute atomic E-state index is 13.4. The van der Waals surface area contributed by atoms with Crippen molar-refractivity contribution in [3.63, 3.8) is 0 Å². The van der Waals surface area contributed by atoms with E-state index < -0.39 is 23.7 Å². The van der Waals surface area contributed by atoms with Crippen molar-refractivity contribution in [3.8, 4) is 0 Å². The van der Waals surface area contributed by atoms with E-state index in [1.54, 1.807) is 32.9 Å². The summed E-state index contributed by atoms with van der Waals surface area (Å²) in [5.41, 5.74) is 1.71. The number of benzene rings is 1. The maximum Gasteiger partial charge on any atom is 0.354 e. The Balaban J connectivity index is 1.98. The van der Waals surface area contributed by atoms with Gasteiger partial charge in [-0.2, -0.15) is 0 Å². The predicted octanol–water partition coefficient (Wildman–Crippen LogP) is 4.06. The zero-order chi connectivity index (χ0) is 22.7. The van der Waals surface area contributed by atoms with Gasteiger partial charge in [0.15, 0.2) is 5.78 Å². The number of furan rings is 1. The summed E-state index contributed by atoms with van der Waals surface area (Å²) in [6.07, 6.45) is 1.48. The minimum Gasteiger partial charge on any atom is -0.467 e. The van der Waals surface area contributed by atoms with E-state index in [-0.39, 0.29) is 23.6 Å². The number of halogens is 1. The van der Waals surface area contributed by atoms with Crippen molar-refractivity contribution in [2.45, 2.75) is 33.4 Å². The molecule has 0 radical (unpaired) electrons. The second-order valence-electron chi connectivity index (χ2n) is 7.18. The lowest BCUT2D eigenvalue weighted by atomic mass is 9.99. The third-order valence-corrected chi connectivity index (χ3v) is 5.18. The topological polar surface area (TPSA) is 92.6 Å². The van der Waals surface area contributed by atoms with Crippen molar-refractivity contribution in [1.82, 2.24) is 9.88 Å². The monoisotopic (exact) mass is 426 g/mol. The number of carbonyl (C=O) groups excluding carboxylic acids is 3. The van der Waals surface area contributed by atoms with Gasteiger partial charge >= 0.3 is 5.97 Å². The minimum absolute atomic E-state index is 0.0441. The fourth-order valence-corrected chi connectivity index (χ4v) is 3.49. The molecule has 0 fully saturated rings. The predicted molar refractivity (Wildman–Crippen MR) is 110 cm³/mol. The van der Waals surface area contributed by atoms with Gasteiger partial charge in [0.25, 0.3) is 5.91 Å². The molecular weight excluding hydrogens is 403 g/mol. The molecule has 0 saturated heterocycles. The molecular formula is C23H23FN2O5. The summed E-state index contributed by atoms with van der Waals surface area (Å²) >= 11 is 0. The van der Waals surface area contributed by atoms with Gasteiger partial charge in [0.05, 0.1) is 26.0 Å². The number of amides is 1. The first-order chi connectivity index (χ1) is 14.7. The number of aromatic nitrogens is 1. The van der Waals surface area contributed by atoms with Crippen molar-refractivity contribution >= 4 is 17.7 Å². The first kappa shape index (κ1) is 22.0. The van der Waals surface area contributed by atoms with Crippen LogP contribution in [-0.4, -0.2) is 40.7 Å². The zero-order valence-corrected chi connectivity index (χ0v) is 17.7. The molecule has 1 aromatic carbocycles. The van der Waals surface area contributed by atoms with Crippen LogP contribution in [0.5, 0.6) is 0 Å². The Kier molecular flexibility index (Phi) is 6.39. The second-order valence-corrected chi connectivity index (χ2v) is 7.18. The van der Waals surface area contributed by atoms with Gasteiger partial charge in [0.2, 0.25) is 0 Å². The second kappa shape index (κ2) is 8.99. The number of hydrogen-bond acceptors (Lipinski definition) is 5. The molecule has 3 rings (SSSR count). The average Bonchev–Trinajstić information content (AvgIpc) is 3.38. The summed E-state index contributed by atoms with van der Waals surface area (Å²) in [4.78, 5) is 42.9. The van der Waals surface area contributed by atoms with Crippen molar-refractivity contribution in [2.75, 3.05) is 7.11 Å². The van der Waals surface area contributed by atoms with Crippen LogP contribution in [0.25, 0.3) is 0 Å². The largest absolute Gasteiger partial charge is 0.467 e. The van der Waals surface area contributed by atoms with Crippen LogP contribution < -0.4 is 0 Å². The lowest BCUT2D eigenvalue weighted by Crippen LogP contribution is -2.43. The fraction of sp³-hybridized carbons (Fsp3) is 0.261. The molecule has 7 nitrogen and oxygen atoms in total. The van der Waals surface area contributed by atoms with Crippen LogP contribution in [0.2, 0.25) is 0 Å². The number of esters is 1. The molecule has 162 valence electrons. The molecule has 0 aliphatic rings. The summed E-state index contributed by atoms with van der Waals surface area (Å²) in [6.45, 7) is 4.98. The quantitative estimate of drug-likeness (QED) is 0.454. The number of H-pyrrole nitrogens is 1. The number of carbonyl (C=O) groups is 3. The Bertz CT molecular complexity index is 1100. The van der Waals surface area contributed by atoms with Crippen molar-refractivity contribution in [3.05, 3.63) is 82.3 Å². The summed E-state index contributed by atoms with van der Waals surface area (Å²) in [6, 6.07) is 7.61. The van der Waals surface area contributed by atoms with Gasteiger partial charge in [0.1, 0.15) is 17.3 Å². The van der Waals surface area contributed by atoms with Gasteiger partial charge in [-0.3, -0.25) is 9.59 Å². The molecule has 1 N–H and O–H groups in total. The lowest BCUT2D eigenvalue weighted by molar-refractivity contribution is 0.0590. The van der Waals surface area contributed by atoms with Crippen LogP contribution in [0.15, 0.2) is 47.1 Å². The van der Waals surface area contributed by atoms with Crippen molar-refractivity contribution < 1.29 is 27.9 Å². The first-order valence-electron chi connectivity index (χ1n) is 9.65. The highest BCUT2D eigenvalue weighted by molar-refractivity contribution is 6.07. The molecule has 2 aromatic heterocycles. The summed E-state index contributed by atoms with van der Waals surface area (Å²) in [5.74, 6) is -1.35. The molecule has 1 atom stereocenters. The van der Waals surface area contributed by atoms with Gasteiger partial charge in [-0.15, -0.1) is 0 Å². The number of ketones is 1. The number of ether oxygens (including phenoxy) is 1. The van der Waals surface area contributed by atoms with Gasteiger partial charge in [0, 0.05) is 16.8 Å². The third-order valence-electron chi connectivity index (χ3n) is 5.18. The normalized spacial score (nSPS) is 11.8. The van der Waals surface area contributed by atoms with Crippen LogP contribution in [-0.2, 0) is 11.3 Å². The van der Waals surface area contributed by atoms with E-state index in [1.165, 1.54) is 42.5 Å². The Morgan fingerprint density at radius 3 is 2.42 bits per heavy atom. The molecule has 0 spiro atoms. The highest BCUT2D eigenvalue weighted by Gasteiger charge is 2.32. The molecule has 31 heavy (non-hydrogen) atoms. The lowest BCUT2D eigenvalue weighted by Gasteiger charge is -2.28. The number of aromatic amines is 1. The van der Waals surface area contributed by atoms with E-state index in [0.29, 0.717) is 22.6 Å². The van der Waals surface area contributed by atoms with E-state index in [1.807, 2.05) is 0 Å². The number of nitrogens with one attached hydrogen (secondary N) is 1. The average molecular weight is 426 g/mol. The van der Waals surface area contributed by atoms with Crippen LogP contribution in [0.1, 0.15) is 55.1 Å². The first-order valence-corrected chi connectivity index (χ1v) is 9.65. The number of rotatable bonds is 7. The number of aryl methyl sites for hydroxylation is 1. The minimum atomic E-state index is -0.888. The molecule has 3 aromatic rings. The Hall–Kier alpha value is -3.68. The van der Waals surface area contributed by atoms with Gasteiger partial charge in [-0.05, 0) is 62.7 Å². The highest BCUT2D eigenvalue weighted by Crippen LogP contribution is 2.24. The van der Waals surface area contributed by atoms with E-state index in [0.717, 1.165) is 0 Å². The van der Waals surface area contributed by atoms with E-state index in [2.05, 4.69) is 4.98 Å². The molecule has 8 heteroatoms. The fourth-order valence-electron chi connectivity index (χ4n) is 3.49. The smallest absolute Gasteiger partial charge is 0.354 e. The maximum atomic E-state index is 13.4. The number of methoxy groups -OCH3 is 1. The SMILES string of the molecule is COC(=O)c1[nH]c(C)c(C(=O)[C@H](C)N(Cc2ccco2)C(=O)c2ccc(F)cc2)c1C. The van der Waals surface area contributed by atoms with E-state index in [9.17, 15) is 18.8 Å². The van der Waals surface area contributed by atoms with Gasteiger partial charge < -0.3 is 19.0 Å². The number of Topliss-reactive ketones (excluding diaryl/α,β-unsaturated/α-hetero) is 1. The van der Waals surface area contributed by atoms with Crippen LogP contribution in [0.4, 0.5) is 4.39 Å². The van der Waals surface area contributed by atoms with Crippen molar-refractivity contribution in [2.24, 2.45) is 0 Å². The molecule has 2 heterocycles.